The van der Waals surface area contributed by atoms with Crippen molar-refractivity contribution in [2.24, 2.45) is 5.73 Å². The quantitative estimate of drug-likeness (QED) is 0.555. The lowest BCUT2D eigenvalue weighted by atomic mass is 10.1. The first kappa shape index (κ1) is 14.9. The number of aliphatic hydroxyl groups is 1. The molecule has 0 radical (unpaired) electrons. The number of nitrogens with two attached hydrogens (primary N) is 1. The molecule has 1 rings (SSSR count). The number of nitrogens with zero attached hydrogens (tertiary/aromatic N) is 1. The summed E-state index contributed by atoms with van der Waals surface area (Å²) in [6, 6.07) is -0.864. The second-order valence-corrected chi connectivity index (χ2v) is 4.74. The Labute approximate surface area is 107 Å². The zero-order valence-corrected chi connectivity index (χ0v) is 10.5. The largest absolute Gasteiger partial charge is 0.480 e. The molecule has 0 aliphatic carbocycles. The zero-order valence-electron chi connectivity index (χ0n) is 10.5. The Kier molecular flexibility index (Phi) is 6.07. The van der Waals surface area contributed by atoms with Crippen molar-refractivity contribution in [2.45, 2.75) is 50.7 Å². The first-order valence-electron chi connectivity index (χ1n) is 6.46. The van der Waals surface area contributed by atoms with Crippen molar-refractivity contribution in [3.63, 3.8) is 0 Å². The summed E-state index contributed by atoms with van der Waals surface area (Å²) in [6.45, 7) is 0.798. The smallest absolute Gasteiger partial charge is 0.326 e. The normalized spacial score (nSPS) is 23.3. The molecule has 1 heterocycles. The summed E-state index contributed by atoms with van der Waals surface area (Å²) >= 11 is 0. The summed E-state index contributed by atoms with van der Waals surface area (Å²) in [7, 11) is 0. The molecular formula is C12H22N2O4. The number of hydrogen-bond donors (Lipinski definition) is 3. The fourth-order valence-corrected chi connectivity index (χ4v) is 2.24. The molecule has 1 saturated heterocycles. The Hall–Kier alpha value is -1.14. The predicted molar refractivity (Wildman–Crippen MR) is 65.9 cm³/mol. The molecule has 1 aliphatic heterocycles. The van der Waals surface area contributed by atoms with E-state index in [1.807, 2.05) is 0 Å². The number of unbranched alkanes of at least 4 members (excludes halogenated alkanes) is 3. The molecule has 2 unspecified atom stereocenters. The van der Waals surface area contributed by atoms with Crippen LogP contribution in [0.1, 0.15) is 38.5 Å². The van der Waals surface area contributed by atoms with E-state index in [2.05, 4.69) is 0 Å². The van der Waals surface area contributed by atoms with Crippen LogP contribution in [0.15, 0.2) is 0 Å². The van der Waals surface area contributed by atoms with Crippen LogP contribution in [0.2, 0.25) is 0 Å². The summed E-state index contributed by atoms with van der Waals surface area (Å²) in [5, 5.41) is 18.4. The minimum absolute atomic E-state index is 0.133. The van der Waals surface area contributed by atoms with Gasteiger partial charge in [0.05, 0.1) is 6.10 Å². The lowest BCUT2D eigenvalue weighted by molar-refractivity contribution is -0.148. The molecule has 6 nitrogen and oxygen atoms in total. The SMILES string of the molecule is NCCCCCCC(=O)N1CC(O)CC1C(=O)O. The molecule has 6 heteroatoms. The summed E-state index contributed by atoms with van der Waals surface area (Å²) < 4.78 is 0. The van der Waals surface area contributed by atoms with Gasteiger partial charge < -0.3 is 20.8 Å². The van der Waals surface area contributed by atoms with E-state index in [9.17, 15) is 14.7 Å². The molecule has 0 spiro atoms. The maximum atomic E-state index is 11.9. The first-order chi connectivity index (χ1) is 8.56. The van der Waals surface area contributed by atoms with Gasteiger partial charge in [-0.05, 0) is 19.4 Å². The third-order valence-electron chi connectivity index (χ3n) is 3.23. The van der Waals surface area contributed by atoms with E-state index in [1.54, 1.807) is 0 Å². The number of β-amino-alcohol motifs (C(OH)–C–C–N with tert-alkyl or cyclic N) is 1. The average molecular weight is 258 g/mol. The van der Waals surface area contributed by atoms with Crippen molar-refractivity contribution in [3.8, 4) is 0 Å². The Morgan fingerprint density at radius 2 is 1.89 bits per heavy atom. The minimum atomic E-state index is -1.04. The fourth-order valence-electron chi connectivity index (χ4n) is 2.24. The predicted octanol–water partition coefficient (Wildman–Crippen LogP) is -0.0580. The lowest BCUT2D eigenvalue weighted by Crippen LogP contribution is -2.40. The molecule has 0 bridgehead atoms. The molecule has 18 heavy (non-hydrogen) atoms. The van der Waals surface area contributed by atoms with Crippen molar-refractivity contribution in [3.05, 3.63) is 0 Å². The summed E-state index contributed by atoms with van der Waals surface area (Å²) in [5.74, 6) is -1.21. The van der Waals surface area contributed by atoms with Crippen LogP contribution < -0.4 is 5.73 Å². The maximum Gasteiger partial charge on any atom is 0.326 e. The molecule has 0 aromatic carbocycles. The maximum absolute atomic E-state index is 11.9. The van der Waals surface area contributed by atoms with Crippen LogP contribution in [0.5, 0.6) is 0 Å². The number of carbonyl (C=O) groups is 2. The Morgan fingerprint density at radius 1 is 1.22 bits per heavy atom. The first-order valence-corrected chi connectivity index (χ1v) is 6.46. The fraction of sp³-hybridized carbons (Fsp3) is 0.833. The van der Waals surface area contributed by atoms with Gasteiger partial charge in [0.25, 0.3) is 0 Å². The number of rotatable bonds is 7. The van der Waals surface area contributed by atoms with Crippen LogP contribution in [-0.2, 0) is 9.59 Å². The minimum Gasteiger partial charge on any atom is -0.480 e. The van der Waals surface area contributed by atoms with Gasteiger partial charge in [-0.25, -0.2) is 4.79 Å². The highest BCUT2D eigenvalue weighted by molar-refractivity contribution is 5.84. The van der Waals surface area contributed by atoms with E-state index in [0.29, 0.717) is 13.0 Å². The van der Waals surface area contributed by atoms with Gasteiger partial charge in [-0.3, -0.25) is 4.79 Å². The average Bonchev–Trinajstić information content (AvgIpc) is 2.71. The van der Waals surface area contributed by atoms with E-state index in [1.165, 1.54) is 4.90 Å². The number of carboxylic acids is 1. The molecule has 4 N–H and O–H groups in total. The monoisotopic (exact) mass is 258 g/mol. The third-order valence-corrected chi connectivity index (χ3v) is 3.23. The van der Waals surface area contributed by atoms with Crippen LogP contribution in [0.25, 0.3) is 0 Å². The standard InChI is InChI=1S/C12H22N2O4/c13-6-4-2-1-3-5-11(16)14-8-9(15)7-10(14)12(17)18/h9-10,15H,1-8,13H2,(H,17,18). The molecule has 0 saturated carbocycles. The second kappa shape index (κ2) is 7.33. The van der Waals surface area contributed by atoms with Crippen molar-refractivity contribution in [1.29, 1.82) is 0 Å². The van der Waals surface area contributed by atoms with Crippen LogP contribution >= 0.6 is 0 Å². The number of amides is 1. The topological polar surface area (TPSA) is 104 Å². The molecule has 1 amide bonds. The molecule has 1 fully saturated rings. The van der Waals surface area contributed by atoms with Gasteiger partial charge >= 0.3 is 5.97 Å². The molecule has 104 valence electrons. The Bertz CT molecular complexity index is 296. The van der Waals surface area contributed by atoms with Crippen molar-refractivity contribution >= 4 is 11.9 Å². The van der Waals surface area contributed by atoms with Gasteiger partial charge in [0, 0.05) is 19.4 Å². The number of carboxylic acid groups (broad SMARTS) is 1. The van der Waals surface area contributed by atoms with Gasteiger partial charge in [-0.1, -0.05) is 12.8 Å². The Balaban J connectivity index is 2.33. The summed E-state index contributed by atoms with van der Waals surface area (Å²) in [4.78, 5) is 24.1. The van der Waals surface area contributed by atoms with E-state index in [0.717, 1.165) is 25.7 Å². The van der Waals surface area contributed by atoms with Crippen LogP contribution in [-0.4, -0.2) is 52.2 Å². The van der Waals surface area contributed by atoms with Crippen LogP contribution in [0, 0.1) is 0 Å². The number of aliphatic hydroxyl groups excluding tert-OH is 1. The molecule has 0 aromatic heterocycles. The van der Waals surface area contributed by atoms with Gasteiger partial charge in [0.15, 0.2) is 0 Å². The van der Waals surface area contributed by atoms with Crippen molar-refractivity contribution in [1.82, 2.24) is 4.90 Å². The third kappa shape index (κ3) is 4.27. The molecule has 1 aliphatic rings. The summed E-state index contributed by atoms with van der Waals surface area (Å²) in [6.07, 6.45) is 3.39. The van der Waals surface area contributed by atoms with Crippen molar-refractivity contribution < 1.29 is 19.8 Å². The lowest BCUT2D eigenvalue weighted by Gasteiger charge is -2.21. The number of aliphatic carboxylic acids is 1. The molecule has 2 atom stereocenters. The molecule has 0 aromatic rings. The van der Waals surface area contributed by atoms with Gasteiger partial charge in [0.2, 0.25) is 5.91 Å². The van der Waals surface area contributed by atoms with E-state index in [-0.39, 0.29) is 18.9 Å². The summed E-state index contributed by atoms with van der Waals surface area (Å²) in [5.41, 5.74) is 5.37. The van der Waals surface area contributed by atoms with E-state index >= 15 is 0 Å². The van der Waals surface area contributed by atoms with Crippen molar-refractivity contribution in [2.75, 3.05) is 13.1 Å². The van der Waals surface area contributed by atoms with E-state index < -0.39 is 18.1 Å². The van der Waals surface area contributed by atoms with Crippen LogP contribution in [0.3, 0.4) is 0 Å². The second-order valence-electron chi connectivity index (χ2n) is 4.74. The highest BCUT2D eigenvalue weighted by Crippen LogP contribution is 2.20. The van der Waals surface area contributed by atoms with E-state index in [4.69, 9.17) is 10.8 Å². The molecular weight excluding hydrogens is 236 g/mol. The zero-order chi connectivity index (χ0) is 13.5. The number of carbonyl (C=O) groups excluding carboxylic acids is 1. The highest BCUT2D eigenvalue weighted by atomic mass is 16.4. The highest BCUT2D eigenvalue weighted by Gasteiger charge is 2.38. The Morgan fingerprint density at radius 3 is 2.50 bits per heavy atom. The van der Waals surface area contributed by atoms with Gasteiger partial charge in [-0.2, -0.15) is 0 Å². The number of hydrogen-bond acceptors (Lipinski definition) is 4. The van der Waals surface area contributed by atoms with Gasteiger partial charge in [0.1, 0.15) is 6.04 Å². The van der Waals surface area contributed by atoms with Gasteiger partial charge in [-0.15, -0.1) is 0 Å². The number of likely N-dealkylation sites (tertiary alicyclic amines) is 1. The van der Waals surface area contributed by atoms with Crippen LogP contribution in [0.4, 0.5) is 0 Å².